The van der Waals surface area contributed by atoms with Crippen molar-refractivity contribution >= 4 is 11.4 Å². The zero-order chi connectivity index (χ0) is 13.6. The number of nitrogens with two attached hydrogens (primary N) is 1. The second-order valence-electron chi connectivity index (χ2n) is 7.68. The summed E-state index contributed by atoms with van der Waals surface area (Å²) in [6.07, 6.45) is 10.5. The molecule has 1 aromatic rings. The van der Waals surface area contributed by atoms with Crippen molar-refractivity contribution in [2.45, 2.75) is 44.9 Å². The molecule has 4 bridgehead atoms. The number of rotatable bonds is 4. The topological polar surface area (TPSA) is 38.0 Å². The maximum atomic E-state index is 6.01. The third-order valence-corrected chi connectivity index (χ3v) is 6.10. The van der Waals surface area contributed by atoms with E-state index in [-0.39, 0.29) is 0 Å². The van der Waals surface area contributed by atoms with Crippen LogP contribution in [0.15, 0.2) is 24.3 Å². The minimum absolute atomic E-state index is 0.672. The summed E-state index contributed by atoms with van der Waals surface area (Å²) in [7, 11) is 0. The zero-order valence-electron chi connectivity index (χ0n) is 12.3. The van der Waals surface area contributed by atoms with Gasteiger partial charge in [0.25, 0.3) is 0 Å². The molecule has 0 atom stereocenters. The standard InChI is InChI=1S/C18H26N2/c19-16-3-1-2-4-17(16)20-6-5-18-10-13-7-14(11-18)9-15(8-13)12-18/h1-4,13-15,20H,5-12,19H2. The van der Waals surface area contributed by atoms with Gasteiger partial charge in [-0.3, -0.25) is 0 Å². The van der Waals surface area contributed by atoms with E-state index in [4.69, 9.17) is 5.73 Å². The Bertz CT molecular complexity index is 459. The van der Waals surface area contributed by atoms with E-state index in [9.17, 15) is 0 Å². The Hall–Kier alpha value is -1.18. The van der Waals surface area contributed by atoms with Crippen molar-refractivity contribution in [2.75, 3.05) is 17.6 Å². The first kappa shape index (κ1) is 12.6. The Morgan fingerprint density at radius 2 is 1.60 bits per heavy atom. The number of nitrogens with one attached hydrogen (secondary N) is 1. The molecule has 0 heterocycles. The Labute approximate surface area is 122 Å². The highest BCUT2D eigenvalue weighted by Gasteiger charge is 2.50. The van der Waals surface area contributed by atoms with Crippen LogP contribution in [0.1, 0.15) is 44.9 Å². The SMILES string of the molecule is Nc1ccccc1NCCC12CC3CC(CC(C3)C1)C2. The summed E-state index contributed by atoms with van der Waals surface area (Å²) >= 11 is 0. The van der Waals surface area contributed by atoms with Gasteiger partial charge in [-0.1, -0.05) is 12.1 Å². The average molecular weight is 270 g/mol. The summed E-state index contributed by atoms with van der Waals surface area (Å²) < 4.78 is 0. The molecule has 2 heteroatoms. The molecule has 0 amide bonds. The zero-order valence-corrected chi connectivity index (χ0v) is 12.3. The van der Waals surface area contributed by atoms with Gasteiger partial charge in [0, 0.05) is 6.54 Å². The van der Waals surface area contributed by atoms with Crippen LogP contribution >= 0.6 is 0 Å². The molecule has 2 nitrogen and oxygen atoms in total. The molecule has 0 aliphatic heterocycles. The second kappa shape index (κ2) is 4.68. The van der Waals surface area contributed by atoms with E-state index < -0.39 is 0 Å². The fraction of sp³-hybridized carbons (Fsp3) is 0.667. The molecule has 108 valence electrons. The molecule has 4 saturated carbocycles. The first-order chi connectivity index (χ1) is 9.72. The number of benzene rings is 1. The number of hydrogen-bond donors (Lipinski definition) is 2. The molecule has 4 fully saturated rings. The summed E-state index contributed by atoms with van der Waals surface area (Å²) in [6.45, 7) is 1.08. The van der Waals surface area contributed by atoms with Gasteiger partial charge in [0.2, 0.25) is 0 Å². The first-order valence-corrected chi connectivity index (χ1v) is 8.31. The number of para-hydroxylation sites is 2. The molecule has 5 rings (SSSR count). The molecule has 1 aromatic carbocycles. The van der Waals surface area contributed by atoms with Crippen LogP contribution in [0.4, 0.5) is 11.4 Å². The van der Waals surface area contributed by atoms with E-state index in [1.54, 1.807) is 0 Å². The normalized spacial score (nSPS) is 38.1. The lowest BCUT2D eigenvalue weighted by Crippen LogP contribution is -2.46. The number of nitrogen functional groups attached to an aromatic ring is 1. The molecule has 4 aliphatic rings. The summed E-state index contributed by atoms with van der Waals surface area (Å²) in [5, 5.41) is 3.56. The Balaban J connectivity index is 1.39. The van der Waals surface area contributed by atoms with Gasteiger partial charge < -0.3 is 11.1 Å². The van der Waals surface area contributed by atoms with E-state index in [2.05, 4.69) is 17.4 Å². The lowest BCUT2D eigenvalue weighted by atomic mass is 9.49. The van der Waals surface area contributed by atoms with Crippen molar-refractivity contribution in [3.8, 4) is 0 Å². The summed E-state index contributed by atoms with van der Waals surface area (Å²) in [6, 6.07) is 8.13. The van der Waals surface area contributed by atoms with Crippen LogP contribution in [-0.2, 0) is 0 Å². The van der Waals surface area contributed by atoms with Crippen molar-refractivity contribution in [1.29, 1.82) is 0 Å². The lowest BCUT2D eigenvalue weighted by molar-refractivity contribution is -0.0552. The summed E-state index contributed by atoms with van der Waals surface area (Å²) in [4.78, 5) is 0. The molecule has 0 saturated heterocycles. The predicted octanol–water partition coefficient (Wildman–Crippen LogP) is 4.29. The largest absolute Gasteiger partial charge is 0.397 e. The van der Waals surface area contributed by atoms with Gasteiger partial charge in [-0.15, -0.1) is 0 Å². The van der Waals surface area contributed by atoms with Gasteiger partial charge in [-0.2, -0.15) is 0 Å². The van der Waals surface area contributed by atoms with Gasteiger partial charge in [0.05, 0.1) is 11.4 Å². The Morgan fingerprint density at radius 3 is 2.20 bits per heavy atom. The molecular weight excluding hydrogens is 244 g/mol. The molecule has 20 heavy (non-hydrogen) atoms. The van der Waals surface area contributed by atoms with Crippen LogP contribution in [0.2, 0.25) is 0 Å². The minimum Gasteiger partial charge on any atom is -0.397 e. The number of hydrogen-bond acceptors (Lipinski definition) is 2. The lowest BCUT2D eigenvalue weighted by Gasteiger charge is -2.57. The molecule has 0 unspecified atom stereocenters. The predicted molar refractivity (Wildman–Crippen MR) is 84.6 cm³/mol. The third-order valence-electron chi connectivity index (χ3n) is 6.10. The van der Waals surface area contributed by atoms with Crippen molar-refractivity contribution in [3.63, 3.8) is 0 Å². The van der Waals surface area contributed by atoms with Gasteiger partial charge in [-0.05, 0) is 80.2 Å². The quantitative estimate of drug-likeness (QED) is 0.801. The van der Waals surface area contributed by atoms with Crippen LogP contribution < -0.4 is 11.1 Å². The molecule has 0 spiro atoms. The van der Waals surface area contributed by atoms with Crippen molar-refractivity contribution in [1.82, 2.24) is 0 Å². The minimum atomic E-state index is 0.672. The smallest absolute Gasteiger partial charge is 0.0573 e. The fourth-order valence-corrected chi connectivity index (χ4v) is 5.72. The van der Waals surface area contributed by atoms with Crippen molar-refractivity contribution in [2.24, 2.45) is 23.2 Å². The van der Waals surface area contributed by atoms with Gasteiger partial charge in [-0.25, -0.2) is 0 Å². The van der Waals surface area contributed by atoms with E-state index in [0.717, 1.165) is 35.7 Å². The summed E-state index contributed by atoms with van der Waals surface area (Å²) in [5.74, 6) is 3.18. The molecular formula is C18H26N2. The van der Waals surface area contributed by atoms with Crippen molar-refractivity contribution < 1.29 is 0 Å². The van der Waals surface area contributed by atoms with Crippen LogP contribution in [0.5, 0.6) is 0 Å². The second-order valence-corrected chi connectivity index (χ2v) is 7.68. The molecule has 0 radical (unpaired) electrons. The van der Waals surface area contributed by atoms with Gasteiger partial charge in [0.1, 0.15) is 0 Å². The van der Waals surface area contributed by atoms with Crippen LogP contribution in [0.25, 0.3) is 0 Å². The Morgan fingerprint density at radius 1 is 1.00 bits per heavy atom. The van der Waals surface area contributed by atoms with E-state index in [1.165, 1.54) is 44.9 Å². The summed E-state index contributed by atoms with van der Waals surface area (Å²) in [5.41, 5.74) is 8.66. The van der Waals surface area contributed by atoms with Gasteiger partial charge in [0.15, 0.2) is 0 Å². The van der Waals surface area contributed by atoms with Crippen LogP contribution in [0.3, 0.4) is 0 Å². The van der Waals surface area contributed by atoms with Crippen LogP contribution in [0, 0.1) is 23.2 Å². The monoisotopic (exact) mass is 270 g/mol. The maximum Gasteiger partial charge on any atom is 0.0573 e. The first-order valence-electron chi connectivity index (χ1n) is 8.31. The molecule has 0 aromatic heterocycles. The molecule has 4 aliphatic carbocycles. The fourth-order valence-electron chi connectivity index (χ4n) is 5.72. The van der Waals surface area contributed by atoms with Crippen molar-refractivity contribution in [3.05, 3.63) is 24.3 Å². The van der Waals surface area contributed by atoms with E-state index >= 15 is 0 Å². The number of anilines is 2. The highest BCUT2D eigenvalue weighted by molar-refractivity contribution is 5.65. The highest BCUT2D eigenvalue weighted by Crippen LogP contribution is 2.61. The van der Waals surface area contributed by atoms with E-state index in [1.807, 2.05) is 12.1 Å². The van der Waals surface area contributed by atoms with E-state index in [0.29, 0.717) is 5.41 Å². The van der Waals surface area contributed by atoms with Gasteiger partial charge >= 0.3 is 0 Å². The van der Waals surface area contributed by atoms with Crippen LogP contribution in [-0.4, -0.2) is 6.54 Å². The maximum absolute atomic E-state index is 6.01. The average Bonchev–Trinajstić information content (AvgIpc) is 2.39. The molecule has 3 N–H and O–H groups in total. The Kier molecular flexibility index (Phi) is 2.94. The highest BCUT2D eigenvalue weighted by atomic mass is 14.9. The third kappa shape index (κ3) is 2.19.